The average Bonchev–Trinajstić information content (AvgIpc) is 2.26. The van der Waals surface area contributed by atoms with Gasteiger partial charge in [0, 0.05) is 37.8 Å². The minimum Gasteiger partial charge on any atom is -0.328 e. The van der Waals surface area contributed by atoms with Gasteiger partial charge in [0.1, 0.15) is 0 Å². The molecular weight excluding hydrogens is 210 g/mol. The molecule has 1 saturated heterocycles. The summed E-state index contributed by atoms with van der Waals surface area (Å²) in [5.41, 5.74) is 6.38. The van der Waals surface area contributed by atoms with E-state index in [0.717, 1.165) is 6.42 Å². The third-order valence-electron chi connectivity index (χ3n) is 3.80. The van der Waals surface area contributed by atoms with Gasteiger partial charge < -0.3 is 10.6 Å². The highest BCUT2D eigenvalue weighted by molar-refractivity contribution is 4.82. The second kappa shape index (κ2) is 6.72. The summed E-state index contributed by atoms with van der Waals surface area (Å²) in [6, 6.07) is 0.403. The molecule has 0 spiro atoms. The number of nitrogens with two attached hydrogens (primary N) is 1. The smallest absolute Gasteiger partial charge is 0.0126 e. The van der Waals surface area contributed by atoms with E-state index in [-0.39, 0.29) is 0 Å². The maximum absolute atomic E-state index is 6.06. The molecule has 1 fully saturated rings. The van der Waals surface area contributed by atoms with Crippen molar-refractivity contribution < 1.29 is 0 Å². The van der Waals surface area contributed by atoms with Gasteiger partial charge in [0.05, 0.1) is 0 Å². The molecule has 102 valence electrons. The molecule has 0 aromatic rings. The molecule has 1 atom stereocenters. The van der Waals surface area contributed by atoms with Crippen molar-refractivity contribution in [1.29, 1.82) is 0 Å². The lowest BCUT2D eigenvalue weighted by Crippen LogP contribution is -2.53. The fourth-order valence-electron chi connectivity index (χ4n) is 2.51. The SMILES string of the molecule is CCCC(N)CCN1CCN(C(C)(C)C)CC1. The fourth-order valence-corrected chi connectivity index (χ4v) is 2.51. The second-order valence-corrected chi connectivity index (χ2v) is 6.34. The molecule has 17 heavy (non-hydrogen) atoms. The van der Waals surface area contributed by atoms with Crippen LogP contribution in [0.15, 0.2) is 0 Å². The van der Waals surface area contributed by atoms with Gasteiger partial charge >= 0.3 is 0 Å². The number of piperazine rings is 1. The van der Waals surface area contributed by atoms with Crippen LogP contribution in [0.5, 0.6) is 0 Å². The van der Waals surface area contributed by atoms with Crippen LogP contribution in [0.25, 0.3) is 0 Å². The molecular formula is C14H31N3. The van der Waals surface area contributed by atoms with Crippen LogP contribution < -0.4 is 5.73 Å². The predicted molar refractivity (Wildman–Crippen MR) is 75.3 cm³/mol. The lowest BCUT2D eigenvalue weighted by atomic mass is 10.0. The molecule has 2 N–H and O–H groups in total. The quantitative estimate of drug-likeness (QED) is 0.798. The Balaban J connectivity index is 2.19. The third-order valence-corrected chi connectivity index (χ3v) is 3.80. The molecule has 0 aromatic heterocycles. The van der Waals surface area contributed by atoms with Crippen molar-refractivity contribution in [2.75, 3.05) is 32.7 Å². The lowest BCUT2D eigenvalue weighted by Gasteiger charge is -2.42. The van der Waals surface area contributed by atoms with Gasteiger partial charge in [-0.15, -0.1) is 0 Å². The predicted octanol–water partition coefficient (Wildman–Crippen LogP) is 1.92. The molecule has 3 nitrogen and oxygen atoms in total. The van der Waals surface area contributed by atoms with Crippen LogP contribution in [0.3, 0.4) is 0 Å². The largest absolute Gasteiger partial charge is 0.328 e. The van der Waals surface area contributed by atoms with Gasteiger partial charge in [-0.25, -0.2) is 0 Å². The Hall–Kier alpha value is -0.120. The number of nitrogens with zero attached hydrogens (tertiary/aromatic N) is 2. The number of hydrogen-bond acceptors (Lipinski definition) is 3. The van der Waals surface area contributed by atoms with E-state index in [0.29, 0.717) is 11.6 Å². The van der Waals surface area contributed by atoms with Gasteiger partial charge in [-0.1, -0.05) is 13.3 Å². The molecule has 0 aromatic carbocycles. The van der Waals surface area contributed by atoms with Crippen LogP contribution >= 0.6 is 0 Å². The first kappa shape index (κ1) is 14.9. The van der Waals surface area contributed by atoms with Crippen LogP contribution in [0.2, 0.25) is 0 Å². The van der Waals surface area contributed by atoms with Crippen molar-refractivity contribution >= 4 is 0 Å². The Morgan fingerprint density at radius 1 is 1.06 bits per heavy atom. The van der Waals surface area contributed by atoms with Crippen LogP contribution in [-0.4, -0.2) is 54.1 Å². The van der Waals surface area contributed by atoms with E-state index in [1.807, 2.05) is 0 Å². The minimum absolute atomic E-state index is 0.324. The normalized spacial score (nSPS) is 21.7. The van der Waals surface area contributed by atoms with Crippen LogP contribution in [0.4, 0.5) is 0 Å². The summed E-state index contributed by atoms with van der Waals surface area (Å²) in [4.78, 5) is 5.15. The maximum Gasteiger partial charge on any atom is 0.0126 e. The van der Waals surface area contributed by atoms with Crippen molar-refractivity contribution in [3.05, 3.63) is 0 Å². The molecule has 0 radical (unpaired) electrons. The average molecular weight is 241 g/mol. The van der Waals surface area contributed by atoms with Crippen LogP contribution in [-0.2, 0) is 0 Å². The number of rotatable bonds is 5. The van der Waals surface area contributed by atoms with Crippen LogP contribution in [0.1, 0.15) is 47.0 Å². The first-order chi connectivity index (χ1) is 7.93. The zero-order valence-electron chi connectivity index (χ0n) is 12.2. The summed E-state index contributed by atoms with van der Waals surface area (Å²) in [6.07, 6.45) is 3.53. The van der Waals surface area contributed by atoms with Gasteiger partial charge in [0.15, 0.2) is 0 Å². The summed E-state index contributed by atoms with van der Waals surface area (Å²) in [6.45, 7) is 15.1. The van der Waals surface area contributed by atoms with Gasteiger partial charge in [0.25, 0.3) is 0 Å². The zero-order chi connectivity index (χ0) is 12.9. The minimum atomic E-state index is 0.324. The van der Waals surface area contributed by atoms with Gasteiger partial charge in [-0.3, -0.25) is 4.90 Å². The number of hydrogen-bond donors (Lipinski definition) is 1. The first-order valence-electron chi connectivity index (χ1n) is 7.16. The lowest BCUT2D eigenvalue weighted by molar-refractivity contribution is 0.0610. The summed E-state index contributed by atoms with van der Waals surface area (Å²) in [5.74, 6) is 0. The van der Waals surface area contributed by atoms with Gasteiger partial charge in [-0.2, -0.15) is 0 Å². The molecule has 0 amide bonds. The van der Waals surface area contributed by atoms with E-state index in [4.69, 9.17) is 5.73 Å². The summed E-state index contributed by atoms with van der Waals surface area (Å²) >= 11 is 0. The Bertz CT molecular complexity index is 202. The van der Waals surface area contributed by atoms with Gasteiger partial charge in [-0.05, 0) is 40.2 Å². The van der Waals surface area contributed by atoms with E-state index in [1.54, 1.807) is 0 Å². The molecule has 0 bridgehead atoms. The van der Waals surface area contributed by atoms with E-state index < -0.39 is 0 Å². The second-order valence-electron chi connectivity index (χ2n) is 6.34. The van der Waals surface area contributed by atoms with E-state index in [2.05, 4.69) is 37.5 Å². The van der Waals surface area contributed by atoms with Gasteiger partial charge in [0.2, 0.25) is 0 Å². The van der Waals surface area contributed by atoms with Crippen LogP contribution in [0, 0.1) is 0 Å². The topological polar surface area (TPSA) is 32.5 Å². The Kier molecular flexibility index (Phi) is 5.90. The summed E-state index contributed by atoms with van der Waals surface area (Å²) in [5, 5.41) is 0. The van der Waals surface area contributed by atoms with Crippen molar-refractivity contribution in [2.45, 2.75) is 58.5 Å². The first-order valence-corrected chi connectivity index (χ1v) is 7.16. The zero-order valence-corrected chi connectivity index (χ0v) is 12.2. The van der Waals surface area contributed by atoms with E-state index in [9.17, 15) is 0 Å². The Morgan fingerprint density at radius 3 is 2.12 bits per heavy atom. The molecule has 1 rings (SSSR count). The maximum atomic E-state index is 6.06. The summed E-state index contributed by atoms with van der Waals surface area (Å²) < 4.78 is 0. The van der Waals surface area contributed by atoms with E-state index in [1.165, 1.54) is 45.6 Å². The van der Waals surface area contributed by atoms with Crippen molar-refractivity contribution in [2.24, 2.45) is 5.73 Å². The highest BCUT2D eigenvalue weighted by atomic mass is 15.3. The van der Waals surface area contributed by atoms with E-state index >= 15 is 0 Å². The molecule has 1 heterocycles. The summed E-state index contributed by atoms with van der Waals surface area (Å²) in [7, 11) is 0. The van der Waals surface area contributed by atoms with Crippen molar-refractivity contribution in [1.82, 2.24) is 9.80 Å². The Morgan fingerprint density at radius 2 is 1.65 bits per heavy atom. The fraction of sp³-hybridized carbons (Fsp3) is 1.00. The highest BCUT2D eigenvalue weighted by Crippen LogP contribution is 2.16. The molecule has 0 aliphatic carbocycles. The highest BCUT2D eigenvalue weighted by Gasteiger charge is 2.25. The standard InChI is InChI=1S/C14H31N3/c1-5-6-13(15)7-8-16-9-11-17(12-10-16)14(2,3)4/h13H,5-12,15H2,1-4H3. The molecule has 1 unspecified atom stereocenters. The monoisotopic (exact) mass is 241 g/mol. The third kappa shape index (κ3) is 5.36. The van der Waals surface area contributed by atoms with Crippen molar-refractivity contribution in [3.8, 4) is 0 Å². The molecule has 0 saturated carbocycles. The van der Waals surface area contributed by atoms with Crippen molar-refractivity contribution in [3.63, 3.8) is 0 Å². The molecule has 3 heteroatoms. The Labute approximate surface area is 107 Å². The molecule has 1 aliphatic rings. The molecule has 1 aliphatic heterocycles.